The van der Waals surface area contributed by atoms with Gasteiger partial charge in [0.1, 0.15) is 5.75 Å². The topological polar surface area (TPSA) is 64.1 Å². The van der Waals surface area contributed by atoms with Crippen molar-refractivity contribution in [2.75, 3.05) is 5.32 Å². The van der Waals surface area contributed by atoms with Gasteiger partial charge in [-0.05, 0) is 42.5 Å². The molecule has 3 aromatic carbocycles. The maximum atomic E-state index is 14.2. The number of carbonyl (C=O) groups is 1. The molecule has 28 heavy (non-hydrogen) atoms. The summed E-state index contributed by atoms with van der Waals surface area (Å²) >= 11 is 5.91. The average molecular weight is 394 g/mol. The number of anilines is 1. The Morgan fingerprint density at radius 2 is 1.79 bits per heavy atom. The molecule has 0 saturated heterocycles. The summed E-state index contributed by atoms with van der Waals surface area (Å²) in [7, 11) is 0. The van der Waals surface area contributed by atoms with Crippen molar-refractivity contribution in [1.29, 1.82) is 0 Å². The summed E-state index contributed by atoms with van der Waals surface area (Å²) in [6, 6.07) is 15.7. The second kappa shape index (κ2) is 7.62. The van der Waals surface area contributed by atoms with Gasteiger partial charge in [-0.3, -0.25) is 14.8 Å². The number of benzene rings is 3. The van der Waals surface area contributed by atoms with Gasteiger partial charge in [0.25, 0.3) is 5.91 Å². The zero-order valence-corrected chi connectivity index (χ0v) is 15.2. The first kappa shape index (κ1) is 17.9. The van der Waals surface area contributed by atoms with Crippen molar-refractivity contribution in [3.05, 3.63) is 89.5 Å². The summed E-state index contributed by atoms with van der Waals surface area (Å²) in [5.41, 5.74) is 2.12. The van der Waals surface area contributed by atoms with Gasteiger partial charge in [-0.25, -0.2) is 4.39 Å². The first-order valence-corrected chi connectivity index (χ1v) is 8.71. The minimum absolute atomic E-state index is 0.0212. The monoisotopic (exact) mass is 393 g/mol. The molecule has 7 heteroatoms. The number of amides is 1. The first-order valence-electron chi connectivity index (χ1n) is 8.33. The molecule has 0 unspecified atom stereocenters. The van der Waals surface area contributed by atoms with Gasteiger partial charge in [0.05, 0.1) is 11.0 Å². The van der Waals surface area contributed by atoms with Gasteiger partial charge in [-0.1, -0.05) is 17.7 Å². The van der Waals surface area contributed by atoms with Gasteiger partial charge in [-0.15, -0.1) is 0 Å². The molecule has 0 fully saturated rings. The molecular weight excluding hydrogens is 381 g/mol. The Balaban J connectivity index is 1.57. The quantitative estimate of drug-likeness (QED) is 0.499. The van der Waals surface area contributed by atoms with E-state index >= 15 is 0 Å². The molecule has 0 spiro atoms. The molecule has 1 aromatic heterocycles. The van der Waals surface area contributed by atoms with Crippen molar-refractivity contribution >= 4 is 34.2 Å². The molecule has 1 heterocycles. The largest absolute Gasteiger partial charge is 0.454 e. The molecule has 0 saturated carbocycles. The Bertz CT molecular complexity index is 1180. The van der Waals surface area contributed by atoms with E-state index in [0.29, 0.717) is 33.1 Å². The molecule has 5 nitrogen and oxygen atoms in total. The number of ether oxygens (including phenoxy) is 1. The van der Waals surface area contributed by atoms with Crippen LogP contribution in [0.25, 0.3) is 11.0 Å². The van der Waals surface area contributed by atoms with E-state index in [4.69, 9.17) is 16.3 Å². The standard InChI is InChI=1S/C21H13ClFN3O2/c22-14-3-1-2-13(10-14)21(27)26-15-4-6-17(23)20(11-15)28-16-5-7-18-19(12-16)25-9-8-24-18/h1-12H,(H,26,27). The molecule has 0 atom stereocenters. The van der Waals surface area contributed by atoms with E-state index in [9.17, 15) is 9.18 Å². The highest BCUT2D eigenvalue weighted by Gasteiger charge is 2.11. The summed E-state index contributed by atoms with van der Waals surface area (Å²) in [6.07, 6.45) is 3.16. The van der Waals surface area contributed by atoms with E-state index in [1.165, 1.54) is 18.2 Å². The summed E-state index contributed by atoms with van der Waals surface area (Å²) in [5, 5.41) is 3.16. The molecule has 4 rings (SSSR count). The molecule has 0 aliphatic heterocycles. The number of fused-ring (bicyclic) bond motifs is 1. The van der Waals surface area contributed by atoms with Crippen LogP contribution in [0.3, 0.4) is 0 Å². The zero-order chi connectivity index (χ0) is 19.5. The van der Waals surface area contributed by atoms with Crippen LogP contribution in [0.5, 0.6) is 11.5 Å². The fourth-order valence-corrected chi connectivity index (χ4v) is 2.82. The first-order chi connectivity index (χ1) is 13.6. The van der Waals surface area contributed by atoms with Crippen LogP contribution in [0.15, 0.2) is 73.1 Å². The van der Waals surface area contributed by atoms with Crippen LogP contribution < -0.4 is 10.1 Å². The highest BCUT2D eigenvalue weighted by Crippen LogP contribution is 2.29. The predicted octanol–water partition coefficient (Wildman–Crippen LogP) is 5.47. The van der Waals surface area contributed by atoms with Gasteiger partial charge in [0, 0.05) is 40.8 Å². The number of carbonyl (C=O) groups excluding carboxylic acids is 1. The van der Waals surface area contributed by atoms with Crippen LogP contribution in [0.4, 0.5) is 10.1 Å². The number of hydrogen-bond donors (Lipinski definition) is 1. The molecule has 4 aromatic rings. The number of hydrogen-bond acceptors (Lipinski definition) is 4. The number of halogens is 2. The minimum Gasteiger partial charge on any atom is -0.454 e. The Morgan fingerprint density at radius 1 is 0.964 bits per heavy atom. The Hall–Kier alpha value is -3.51. The van der Waals surface area contributed by atoms with Crippen molar-refractivity contribution in [2.45, 2.75) is 0 Å². The molecule has 0 aliphatic rings. The third-order valence-corrected chi connectivity index (χ3v) is 4.18. The summed E-state index contributed by atoms with van der Waals surface area (Å²) in [5.74, 6) is -0.529. The van der Waals surface area contributed by atoms with Crippen LogP contribution in [-0.2, 0) is 0 Å². The molecule has 0 radical (unpaired) electrons. The summed E-state index contributed by atoms with van der Waals surface area (Å²) in [4.78, 5) is 20.7. The van der Waals surface area contributed by atoms with E-state index in [2.05, 4.69) is 15.3 Å². The van der Waals surface area contributed by atoms with E-state index in [0.717, 1.165) is 0 Å². The Morgan fingerprint density at radius 3 is 2.61 bits per heavy atom. The second-order valence-corrected chi connectivity index (χ2v) is 6.36. The molecule has 1 N–H and O–H groups in total. The van der Waals surface area contributed by atoms with Crippen molar-refractivity contribution < 1.29 is 13.9 Å². The summed E-state index contributed by atoms with van der Waals surface area (Å²) in [6.45, 7) is 0. The maximum Gasteiger partial charge on any atom is 0.255 e. The van der Waals surface area contributed by atoms with Crippen LogP contribution in [0.1, 0.15) is 10.4 Å². The van der Waals surface area contributed by atoms with Crippen LogP contribution in [-0.4, -0.2) is 15.9 Å². The summed E-state index contributed by atoms with van der Waals surface area (Å²) < 4.78 is 19.8. The molecule has 0 aliphatic carbocycles. The highest BCUT2D eigenvalue weighted by atomic mass is 35.5. The third kappa shape index (κ3) is 3.92. The lowest BCUT2D eigenvalue weighted by Crippen LogP contribution is -2.11. The lowest BCUT2D eigenvalue weighted by Gasteiger charge is -2.10. The number of aromatic nitrogens is 2. The zero-order valence-electron chi connectivity index (χ0n) is 14.4. The van der Waals surface area contributed by atoms with E-state index in [1.807, 2.05) is 0 Å². The maximum absolute atomic E-state index is 14.2. The van der Waals surface area contributed by atoms with E-state index in [1.54, 1.807) is 54.9 Å². The van der Waals surface area contributed by atoms with Gasteiger partial charge >= 0.3 is 0 Å². The Kier molecular flexibility index (Phi) is 4.87. The van der Waals surface area contributed by atoms with E-state index < -0.39 is 5.82 Å². The van der Waals surface area contributed by atoms with Gasteiger partial charge in [0.15, 0.2) is 11.6 Å². The number of rotatable bonds is 4. The van der Waals surface area contributed by atoms with Crippen molar-refractivity contribution in [2.24, 2.45) is 0 Å². The number of nitrogens with zero attached hydrogens (tertiary/aromatic N) is 2. The molecule has 138 valence electrons. The normalized spacial score (nSPS) is 10.6. The Labute approximate surface area is 164 Å². The fourth-order valence-electron chi connectivity index (χ4n) is 2.63. The average Bonchev–Trinajstić information content (AvgIpc) is 2.70. The number of nitrogens with one attached hydrogen (secondary N) is 1. The predicted molar refractivity (Wildman–Crippen MR) is 105 cm³/mol. The minimum atomic E-state index is -0.556. The highest BCUT2D eigenvalue weighted by molar-refractivity contribution is 6.31. The second-order valence-electron chi connectivity index (χ2n) is 5.92. The van der Waals surface area contributed by atoms with Crippen LogP contribution in [0, 0.1) is 5.82 Å². The van der Waals surface area contributed by atoms with Crippen molar-refractivity contribution in [3.63, 3.8) is 0 Å². The van der Waals surface area contributed by atoms with Crippen molar-refractivity contribution in [1.82, 2.24) is 9.97 Å². The SMILES string of the molecule is O=C(Nc1ccc(F)c(Oc2ccc3nccnc3c2)c1)c1cccc(Cl)c1. The van der Waals surface area contributed by atoms with Gasteiger partial charge < -0.3 is 10.1 Å². The fraction of sp³-hybridized carbons (Fsp3) is 0. The smallest absolute Gasteiger partial charge is 0.255 e. The third-order valence-electron chi connectivity index (χ3n) is 3.94. The van der Waals surface area contributed by atoms with Gasteiger partial charge in [-0.2, -0.15) is 0 Å². The lowest BCUT2D eigenvalue weighted by atomic mass is 10.2. The van der Waals surface area contributed by atoms with Gasteiger partial charge in [0.2, 0.25) is 0 Å². The molecular formula is C21H13ClFN3O2. The van der Waals surface area contributed by atoms with Crippen LogP contribution >= 0.6 is 11.6 Å². The molecule has 1 amide bonds. The lowest BCUT2D eigenvalue weighted by molar-refractivity contribution is 0.102. The molecule has 0 bridgehead atoms. The van der Waals surface area contributed by atoms with E-state index in [-0.39, 0.29) is 11.7 Å². The van der Waals surface area contributed by atoms with Crippen LogP contribution in [0.2, 0.25) is 5.02 Å². The van der Waals surface area contributed by atoms with Crippen molar-refractivity contribution in [3.8, 4) is 11.5 Å².